The number of amides is 1. The lowest BCUT2D eigenvalue weighted by Crippen LogP contribution is -2.16. The number of thioether (sulfide) groups is 1. The second-order valence-corrected chi connectivity index (χ2v) is 7.33. The predicted molar refractivity (Wildman–Crippen MR) is 101 cm³/mol. The van der Waals surface area contributed by atoms with Gasteiger partial charge < -0.3 is 5.32 Å². The first kappa shape index (κ1) is 18.8. The standard InChI is InChI=1S/C19H21ClFNOS/c1-12(2)14-7-4-6-13(3)19(14)22-18(23)11-24-10-15-16(20)8-5-9-17(15)21/h4-9,12H,10-11H2,1-3H3,(H,22,23). The molecule has 2 aromatic carbocycles. The molecule has 24 heavy (non-hydrogen) atoms. The van der Waals surface area contributed by atoms with Gasteiger partial charge in [-0.25, -0.2) is 4.39 Å². The Morgan fingerprint density at radius 2 is 1.96 bits per heavy atom. The molecule has 2 nitrogen and oxygen atoms in total. The van der Waals surface area contributed by atoms with Crippen LogP contribution in [-0.4, -0.2) is 11.7 Å². The molecule has 0 spiro atoms. The molecular weight excluding hydrogens is 345 g/mol. The number of carbonyl (C=O) groups excluding carboxylic acids is 1. The SMILES string of the molecule is Cc1cccc(C(C)C)c1NC(=O)CSCc1c(F)cccc1Cl. The molecule has 5 heteroatoms. The molecule has 0 aliphatic heterocycles. The number of aryl methyl sites for hydroxylation is 1. The van der Waals surface area contributed by atoms with Gasteiger partial charge in [0.05, 0.1) is 5.75 Å². The summed E-state index contributed by atoms with van der Waals surface area (Å²) in [5.41, 5.74) is 3.47. The van der Waals surface area contributed by atoms with E-state index in [1.807, 2.05) is 25.1 Å². The molecule has 0 aromatic heterocycles. The Kier molecular flexibility index (Phi) is 6.69. The normalized spacial score (nSPS) is 10.9. The maximum Gasteiger partial charge on any atom is 0.234 e. The van der Waals surface area contributed by atoms with Gasteiger partial charge in [-0.2, -0.15) is 0 Å². The Labute approximate surface area is 151 Å². The summed E-state index contributed by atoms with van der Waals surface area (Å²) < 4.78 is 13.7. The van der Waals surface area contributed by atoms with Crippen molar-refractivity contribution in [3.63, 3.8) is 0 Å². The first-order valence-corrected chi connectivity index (χ1v) is 9.33. The van der Waals surface area contributed by atoms with E-state index in [4.69, 9.17) is 11.6 Å². The number of hydrogen-bond donors (Lipinski definition) is 1. The molecule has 0 fully saturated rings. The van der Waals surface area contributed by atoms with Crippen LogP contribution in [-0.2, 0) is 10.5 Å². The van der Waals surface area contributed by atoms with Crippen molar-refractivity contribution in [2.24, 2.45) is 0 Å². The molecule has 0 saturated heterocycles. The fraction of sp³-hybridized carbons (Fsp3) is 0.316. The third-order valence-electron chi connectivity index (χ3n) is 3.73. The number of anilines is 1. The van der Waals surface area contributed by atoms with Gasteiger partial charge in [0.15, 0.2) is 0 Å². The van der Waals surface area contributed by atoms with E-state index in [-0.39, 0.29) is 17.5 Å². The van der Waals surface area contributed by atoms with Crippen LogP contribution < -0.4 is 5.32 Å². The number of rotatable bonds is 6. The zero-order valence-corrected chi connectivity index (χ0v) is 15.6. The van der Waals surface area contributed by atoms with E-state index in [0.717, 1.165) is 16.8 Å². The molecule has 1 amide bonds. The molecule has 2 rings (SSSR count). The largest absolute Gasteiger partial charge is 0.325 e. The van der Waals surface area contributed by atoms with Gasteiger partial charge in [0.2, 0.25) is 5.91 Å². The molecule has 0 radical (unpaired) electrons. The van der Waals surface area contributed by atoms with Crippen LogP contribution in [0.5, 0.6) is 0 Å². The van der Waals surface area contributed by atoms with Crippen molar-refractivity contribution in [1.29, 1.82) is 0 Å². The van der Waals surface area contributed by atoms with Gasteiger partial charge in [-0.1, -0.05) is 49.7 Å². The fourth-order valence-electron chi connectivity index (χ4n) is 2.43. The van der Waals surface area contributed by atoms with Crippen LogP contribution in [0.3, 0.4) is 0 Å². The Bertz CT molecular complexity index is 713. The highest BCUT2D eigenvalue weighted by Crippen LogP contribution is 2.28. The lowest BCUT2D eigenvalue weighted by molar-refractivity contribution is -0.113. The molecule has 128 valence electrons. The summed E-state index contributed by atoms with van der Waals surface area (Å²) in [6.45, 7) is 6.17. The van der Waals surface area contributed by atoms with Gasteiger partial charge in [-0.15, -0.1) is 11.8 Å². The maximum atomic E-state index is 13.7. The predicted octanol–water partition coefficient (Wildman–Crippen LogP) is 5.78. The summed E-state index contributed by atoms with van der Waals surface area (Å²) in [5, 5.41) is 3.38. The average molecular weight is 366 g/mol. The van der Waals surface area contributed by atoms with Crippen molar-refractivity contribution in [3.05, 3.63) is 63.9 Å². The Hall–Kier alpha value is -1.52. The molecular formula is C19H21ClFNOS. The van der Waals surface area contributed by atoms with Crippen LogP contribution in [0.25, 0.3) is 0 Å². The Balaban J connectivity index is 1.98. The van der Waals surface area contributed by atoms with E-state index < -0.39 is 0 Å². The van der Waals surface area contributed by atoms with Crippen molar-refractivity contribution in [2.75, 3.05) is 11.1 Å². The van der Waals surface area contributed by atoms with Crippen molar-refractivity contribution < 1.29 is 9.18 Å². The molecule has 0 heterocycles. The monoisotopic (exact) mass is 365 g/mol. The van der Waals surface area contributed by atoms with Gasteiger partial charge in [0, 0.05) is 22.0 Å². The van der Waals surface area contributed by atoms with Gasteiger partial charge in [-0.05, 0) is 36.1 Å². The molecule has 0 aliphatic rings. The zero-order valence-electron chi connectivity index (χ0n) is 14.0. The maximum absolute atomic E-state index is 13.7. The number of halogens is 2. The van der Waals surface area contributed by atoms with Gasteiger partial charge in [-0.3, -0.25) is 4.79 Å². The Morgan fingerprint density at radius 1 is 1.25 bits per heavy atom. The minimum absolute atomic E-state index is 0.0938. The van der Waals surface area contributed by atoms with Crippen LogP contribution in [0, 0.1) is 12.7 Å². The quantitative estimate of drug-likeness (QED) is 0.702. The average Bonchev–Trinajstić information content (AvgIpc) is 2.52. The lowest BCUT2D eigenvalue weighted by Gasteiger charge is -2.16. The van der Waals surface area contributed by atoms with Crippen LogP contribution >= 0.6 is 23.4 Å². The summed E-state index contributed by atoms with van der Waals surface area (Å²) >= 11 is 7.34. The highest BCUT2D eigenvalue weighted by atomic mass is 35.5. The second kappa shape index (κ2) is 8.54. The van der Waals surface area contributed by atoms with Crippen molar-refractivity contribution >= 4 is 35.0 Å². The fourth-order valence-corrected chi connectivity index (χ4v) is 3.60. The third-order valence-corrected chi connectivity index (χ3v) is 5.05. The van der Waals surface area contributed by atoms with E-state index in [0.29, 0.717) is 22.3 Å². The number of carbonyl (C=O) groups is 1. The number of hydrogen-bond acceptors (Lipinski definition) is 2. The van der Waals surface area contributed by atoms with Crippen molar-refractivity contribution in [2.45, 2.75) is 32.4 Å². The van der Waals surface area contributed by atoms with Crippen LogP contribution in [0.15, 0.2) is 36.4 Å². The van der Waals surface area contributed by atoms with Crippen LogP contribution in [0.1, 0.15) is 36.5 Å². The highest BCUT2D eigenvalue weighted by molar-refractivity contribution is 7.99. The summed E-state index contributed by atoms with van der Waals surface area (Å²) in [5.74, 6) is 0.505. The van der Waals surface area contributed by atoms with Gasteiger partial charge in [0.25, 0.3) is 0 Å². The van der Waals surface area contributed by atoms with E-state index in [2.05, 4.69) is 19.2 Å². The summed E-state index contributed by atoms with van der Waals surface area (Å²) in [4.78, 5) is 12.2. The van der Waals surface area contributed by atoms with Gasteiger partial charge in [0.1, 0.15) is 5.82 Å². The summed E-state index contributed by atoms with van der Waals surface area (Å²) in [7, 11) is 0. The highest BCUT2D eigenvalue weighted by Gasteiger charge is 2.13. The second-order valence-electron chi connectivity index (χ2n) is 5.94. The van der Waals surface area contributed by atoms with Gasteiger partial charge >= 0.3 is 0 Å². The minimum atomic E-state index is -0.337. The number of para-hydroxylation sites is 1. The lowest BCUT2D eigenvalue weighted by atomic mass is 9.98. The minimum Gasteiger partial charge on any atom is -0.325 e. The first-order chi connectivity index (χ1) is 11.4. The van der Waals surface area contributed by atoms with E-state index in [1.165, 1.54) is 17.8 Å². The number of benzene rings is 2. The van der Waals surface area contributed by atoms with Crippen LogP contribution in [0.2, 0.25) is 5.02 Å². The molecule has 2 aromatic rings. The van der Waals surface area contributed by atoms with E-state index in [1.54, 1.807) is 12.1 Å². The van der Waals surface area contributed by atoms with Crippen molar-refractivity contribution in [3.8, 4) is 0 Å². The molecule has 0 aliphatic carbocycles. The summed E-state index contributed by atoms with van der Waals surface area (Å²) in [6, 6.07) is 10.6. The molecule has 0 bridgehead atoms. The zero-order chi connectivity index (χ0) is 17.7. The molecule has 0 atom stereocenters. The van der Waals surface area contributed by atoms with E-state index >= 15 is 0 Å². The molecule has 0 saturated carbocycles. The summed E-state index contributed by atoms with van der Waals surface area (Å²) in [6.07, 6.45) is 0. The first-order valence-electron chi connectivity index (χ1n) is 7.80. The smallest absolute Gasteiger partial charge is 0.234 e. The number of nitrogens with one attached hydrogen (secondary N) is 1. The molecule has 1 N–H and O–H groups in total. The Morgan fingerprint density at radius 3 is 2.62 bits per heavy atom. The third kappa shape index (κ3) is 4.74. The molecule has 0 unspecified atom stereocenters. The van der Waals surface area contributed by atoms with Crippen molar-refractivity contribution in [1.82, 2.24) is 0 Å². The van der Waals surface area contributed by atoms with E-state index in [9.17, 15) is 9.18 Å². The topological polar surface area (TPSA) is 29.1 Å². The van der Waals surface area contributed by atoms with Crippen LogP contribution in [0.4, 0.5) is 10.1 Å².